The van der Waals surface area contributed by atoms with Crippen molar-refractivity contribution >= 4 is 18.2 Å². The highest BCUT2D eigenvalue weighted by atomic mass is 16.5. The first-order valence-corrected chi connectivity index (χ1v) is 14.3. The quantitative estimate of drug-likeness (QED) is 0.0907. The summed E-state index contributed by atoms with van der Waals surface area (Å²) in [5, 5.41) is 19.9. The maximum Gasteiger partial charge on any atom is 0.337 e. The molecule has 0 saturated carbocycles. The summed E-state index contributed by atoms with van der Waals surface area (Å²) >= 11 is 0. The summed E-state index contributed by atoms with van der Waals surface area (Å²) in [7, 11) is 2.84. The van der Waals surface area contributed by atoms with Crippen molar-refractivity contribution < 1.29 is 38.4 Å². The van der Waals surface area contributed by atoms with Gasteiger partial charge in [0.05, 0.1) is 38.7 Å². The van der Waals surface area contributed by atoms with Gasteiger partial charge in [0.1, 0.15) is 13.2 Å². The summed E-state index contributed by atoms with van der Waals surface area (Å²) in [5.41, 5.74) is 6.83. The number of aliphatic hydroxyl groups excluding tert-OH is 1. The zero-order chi connectivity index (χ0) is 32.3. The lowest BCUT2D eigenvalue weighted by atomic mass is 9.95. The highest BCUT2D eigenvalue weighted by Crippen LogP contribution is 2.35. The number of aryl methyl sites for hydroxylation is 1. The number of carbonyl (C=O) groups excluding carboxylic acids is 2. The van der Waals surface area contributed by atoms with Gasteiger partial charge in [-0.15, -0.1) is 0 Å². The van der Waals surface area contributed by atoms with Gasteiger partial charge in [0.15, 0.2) is 29.2 Å². The summed E-state index contributed by atoms with van der Waals surface area (Å²) in [4.78, 5) is 24.6. The largest absolute Gasteiger partial charge is 0.493 e. The van der Waals surface area contributed by atoms with Gasteiger partial charge in [-0.2, -0.15) is 5.10 Å². The third-order valence-electron chi connectivity index (χ3n) is 6.77. The summed E-state index contributed by atoms with van der Waals surface area (Å²) in [5.74, 6) is 1.31. The molecule has 238 valence electrons. The zero-order valence-electron chi connectivity index (χ0n) is 25.9. The lowest BCUT2D eigenvalue weighted by Gasteiger charge is -2.28. The van der Waals surface area contributed by atoms with Crippen LogP contribution in [0.15, 0.2) is 77.0 Å². The molecule has 1 aliphatic rings. The average molecular weight is 619 g/mol. The monoisotopic (exact) mass is 618 g/mol. The Labute approximate surface area is 262 Å². The van der Waals surface area contributed by atoms with Crippen LogP contribution >= 0.6 is 0 Å². The molecule has 0 radical (unpaired) electrons. The van der Waals surface area contributed by atoms with Crippen molar-refractivity contribution in [2.45, 2.75) is 39.6 Å². The van der Waals surface area contributed by atoms with Gasteiger partial charge in [-0.3, -0.25) is 5.43 Å². The Balaban J connectivity index is 1.36. The lowest BCUT2D eigenvalue weighted by molar-refractivity contribution is -0.136. The van der Waals surface area contributed by atoms with Crippen LogP contribution in [0.4, 0.5) is 4.79 Å². The molecule has 2 amide bonds. The molecule has 12 nitrogen and oxygen atoms in total. The van der Waals surface area contributed by atoms with Crippen LogP contribution < -0.4 is 35.0 Å². The van der Waals surface area contributed by atoms with E-state index < -0.39 is 24.3 Å². The molecule has 0 fully saturated rings. The summed E-state index contributed by atoms with van der Waals surface area (Å²) < 4.78 is 27.9. The van der Waals surface area contributed by atoms with Crippen molar-refractivity contribution in [3.05, 3.63) is 94.2 Å². The minimum atomic E-state index is -1.14. The van der Waals surface area contributed by atoms with Crippen molar-refractivity contribution in [2.24, 2.45) is 5.10 Å². The third kappa shape index (κ3) is 8.67. The highest BCUT2D eigenvalue weighted by molar-refractivity contribution is 5.95. The number of aliphatic hydroxyl groups is 1. The van der Waals surface area contributed by atoms with E-state index in [1.807, 2.05) is 38.1 Å². The molecule has 0 aliphatic carbocycles. The number of esters is 1. The van der Waals surface area contributed by atoms with Gasteiger partial charge in [0.25, 0.3) is 0 Å². The Morgan fingerprint density at radius 3 is 2.51 bits per heavy atom. The number of rotatable bonds is 14. The van der Waals surface area contributed by atoms with Gasteiger partial charge in [-0.05, 0) is 67.8 Å². The van der Waals surface area contributed by atoms with Gasteiger partial charge >= 0.3 is 12.0 Å². The summed E-state index contributed by atoms with van der Waals surface area (Å²) in [6.07, 6.45) is 0.396. The number of nitrogens with one attached hydrogen (secondary N) is 3. The SMILES string of the molecule is CCOc1cc([C@H]2NC(=O)NC(C)=C2C(=O)OC)ccc1OC[C@@H](O)N/N=C\c1ccc(OCc2cccc(C)c2)c(OC)c1. The number of amides is 2. The number of urea groups is 1. The fourth-order valence-electron chi connectivity index (χ4n) is 4.67. The van der Waals surface area contributed by atoms with E-state index >= 15 is 0 Å². The van der Waals surface area contributed by atoms with E-state index in [0.29, 0.717) is 47.5 Å². The van der Waals surface area contributed by atoms with E-state index in [1.165, 1.54) is 13.3 Å². The molecule has 0 unspecified atom stereocenters. The highest BCUT2D eigenvalue weighted by Gasteiger charge is 2.32. The molecule has 3 aromatic rings. The van der Waals surface area contributed by atoms with E-state index in [2.05, 4.69) is 27.2 Å². The van der Waals surface area contributed by atoms with E-state index in [0.717, 1.165) is 16.7 Å². The Hall–Kier alpha value is -5.23. The number of hydrogen-bond donors (Lipinski definition) is 4. The molecule has 0 aromatic heterocycles. The summed E-state index contributed by atoms with van der Waals surface area (Å²) in [6.45, 7) is 6.07. The molecule has 0 bridgehead atoms. The van der Waals surface area contributed by atoms with Crippen molar-refractivity contribution in [2.75, 3.05) is 27.4 Å². The molecular weight excluding hydrogens is 580 g/mol. The molecule has 0 saturated heterocycles. The minimum Gasteiger partial charge on any atom is -0.493 e. The Kier molecular flexibility index (Phi) is 11.2. The van der Waals surface area contributed by atoms with Crippen LogP contribution in [0.1, 0.15) is 42.1 Å². The molecule has 4 N–H and O–H groups in total. The average Bonchev–Trinajstić information content (AvgIpc) is 3.03. The van der Waals surface area contributed by atoms with Gasteiger partial charge in [-0.25, -0.2) is 9.59 Å². The lowest BCUT2D eigenvalue weighted by Crippen LogP contribution is -2.45. The Bertz CT molecular complexity index is 1570. The van der Waals surface area contributed by atoms with Crippen LogP contribution in [-0.2, 0) is 16.1 Å². The molecule has 3 aromatic carbocycles. The molecule has 4 rings (SSSR count). The van der Waals surface area contributed by atoms with E-state index in [9.17, 15) is 14.7 Å². The smallest absolute Gasteiger partial charge is 0.337 e. The number of benzene rings is 3. The van der Waals surface area contributed by atoms with E-state index in [1.54, 1.807) is 44.4 Å². The van der Waals surface area contributed by atoms with Crippen LogP contribution in [0.5, 0.6) is 23.0 Å². The predicted molar refractivity (Wildman–Crippen MR) is 167 cm³/mol. The standard InChI is InChI=1S/C33H38N4O8/c1-6-43-28-16-24(31-30(32(39)42-5)21(3)35-33(40)36-31)11-13-26(28)45-19-29(38)37-34-17-22-10-12-25(27(15-22)41-4)44-18-23-9-7-8-20(2)14-23/h7-17,29,31,37-38H,6,18-19H2,1-5H3,(H2,35,36,40)/b34-17-/t29-,31-/m1/s1. The number of ether oxygens (including phenoxy) is 5. The van der Waals surface area contributed by atoms with Crippen molar-refractivity contribution in [3.8, 4) is 23.0 Å². The molecular formula is C33H38N4O8. The molecule has 45 heavy (non-hydrogen) atoms. The second-order valence-electron chi connectivity index (χ2n) is 10.1. The first kappa shape index (κ1) is 32.7. The van der Waals surface area contributed by atoms with Crippen LogP contribution in [0.3, 0.4) is 0 Å². The fraction of sp³-hybridized carbons (Fsp3) is 0.303. The predicted octanol–water partition coefficient (Wildman–Crippen LogP) is 4.10. The second kappa shape index (κ2) is 15.5. The molecule has 0 spiro atoms. The first-order valence-electron chi connectivity index (χ1n) is 14.3. The number of hydrogen-bond acceptors (Lipinski definition) is 10. The molecule has 2 atom stereocenters. The molecule has 1 aliphatic heterocycles. The van der Waals surface area contributed by atoms with Crippen molar-refractivity contribution in [1.82, 2.24) is 16.1 Å². The zero-order valence-corrected chi connectivity index (χ0v) is 25.9. The Morgan fingerprint density at radius 1 is 1.00 bits per heavy atom. The molecule has 1 heterocycles. The van der Waals surface area contributed by atoms with E-state index in [-0.39, 0.29) is 12.2 Å². The topological polar surface area (TPSA) is 149 Å². The number of nitrogens with zero attached hydrogens (tertiary/aromatic N) is 1. The normalized spacial score (nSPS) is 15.2. The number of hydrazone groups is 1. The third-order valence-corrected chi connectivity index (χ3v) is 6.77. The van der Waals surface area contributed by atoms with Crippen LogP contribution in [0.2, 0.25) is 0 Å². The maximum absolute atomic E-state index is 12.4. The van der Waals surface area contributed by atoms with Crippen molar-refractivity contribution in [1.29, 1.82) is 0 Å². The second-order valence-corrected chi connectivity index (χ2v) is 10.1. The van der Waals surface area contributed by atoms with E-state index in [4.69, 9.17) is 23.7 Å². The first-order chi connectivity index (χ1) is 21.7. The molecule has 12 heteroatoms. The van der Waals surface area contributed by atoms with Gasteiger partial charge in [0.2, 0.25) is 0 Å². The van der Waals surface area contributed by atoms with Gasteiger partial charge < -0.3 is 39.4 Å². The van der Waals surface area contributed by atoms with Crippen molar-refractivity contribution in [3.63, 3.8) is 0 Å². The van der Waals surface area contributed by atoms with Crippen LogP contribution in [0.25, 0.3) is 0 Å². The van der Waals surface area contributed by atoms with Gasteiger partial charge in [-0.1, -0.05) is 35.9 Å². The van der Waals surface area contributed by atoms with Crippen LogP contribution in [-0.4, -0.2) is 57.0 Å². The Morgan fingerprint density at radius 2 is 1.78 bits per heavy atom. The number of carbonyl (C=O) groups is 2. The number of methoxy groups -OCH3 is 2. The summed E-state index contributed by atoms with van der Waals surface area (Å²) in [6, 6.07) is 17.3. The van der Waals surface area contributed by atoms with Gasteiger partial charge in [0, 0.05) is 5.70 Å². The number of allylic oxidation sites excluding steroid dienone is 1. The maximum atomic E-state index is 12.4. The fourth-order valence-corrected chi connectivity index (χ4v) is 4.67. The van der Waals surface area contributed by atoms with Crippen LogP contribution in [0, 0.1) is 6.92 Å². The minimum absolute atomic E-state index is 0.150.